The number of nitrogens with zero attached hydrogens (tertiary/aromatic N) is 2. The Labute approximate surface area is 256 Å². The average molecular weight is 615 g/mol. The maximum Gasteiger partial charge on any atom is 0.305 e. The maximum absolute atomic E-state index is 13.8. The molecule has 0 saturated carbocycles. The lowest BCUT2D eigenvalue weighted by molar-refractivity contribution is -0.142. The van der Waals surface area contributed by atoms with Crippen molar-refractivity contribution in [1.82, 2.24) is 20.5 Å². The number of rotatable bonds is 11. The molecule has 2 aromatic rings. The number of aliphatic hydroxyl groups excluding tert-OH is 1. The summed E-state index contributed by atoms with van der Waals surface area (Å²) in [6.07, 6.45) is 1.08. The SMILES string of the molecule is COC(=O)CCCCCC(=O)N[C@H](C(=O)N1C[C@H](O)C[C@H]1NC(=O)[C@@H](C)c1ccc2c(c1)OCc1ncsc1-2)C(C)(C)C. The van der Waals surface area contributed by atoms with E-state index in [9.17, 15) is 24.3 Å². The minimum absolute atomic E-state index is 0.0536. The number of amides is 3. The Hall–Kier alpha value is -3.51. The van der Waals surface area contributed by atoms with Crippen LogP contribution in [0.25, 0.3) is 10.4 Å². The van der Waals surface area contributed by atoms with Crippen molar-refractivity contribution in [3.8, 4) is 16.2 Å². The van der Waals surface area contributed by atoms with Crippen molar-refractivity contribution >= 4 is 35.0 Å². The maximum atomic E-state index is 13.8. The van der Waals surface area contributed by atoms with E-state index in [2.05, 4.69) is 20.4 Å². The Morgan fingerprint density at radius 1 is 1.19 bits per heavy atom. The van der Waals surface area contributed by atoms with Crippen LogP contribution in [-0.4, -0.2) is 70.6 Å². The molecule has 11 nitrogen and oxygen atoms in total. The number of aromatic nitrogens is 1. The third-order valence-electron chi connectivity index (χ3n) is 7.95. The summed E-state index contributed by atoms with van der Waals surface area (Å²) < 4.78 is 10.5. The van der Waals surface area contributed by atoms with E-state index in [1.165, 1.54) is 12.0 Å². The molecule has 1 aromatic carbocycles. The molecule has 4 rings (SSSR count). The number of unbranched alkanes of at least 4 members (excludes halogenated alkanes) is 2. The summed E-state index contributed by atoms with van der Waals surface area (Å²) in [6.45, 7) is 7.82. The number of fused-ring (bicyclic) bond motifs is 3. The Balaban J connectivity index is 1.38. The lowest BCUT2D eigenvalue weighted by atomic mass is 9.85. The van der Waals surface area contributed by atoms with Crippen molar-refractivity contribution < 1.29 is 33.8 Å². The molecule has 3 N–H and O–H groups in total. The second kappa shape index (κ2) is 13.9. The number of thiazole rings is 1. The standard InChI is InChI=1S/C31H42N4O7S/c1-18(19-11-12-21-23(13-19)42-16-22-27(21)43-17-32-22)29(39)33-24-14-20(36)15-35(24)30(40)28(31(2,3)4)34-25(37)9-7-6-8-10-26(38)41-5/h11-13,17-18,20,24,28,36H,6-10,14-16H2,1-5H3,(H,33,39)(H,34,37)/t18-,20+,24-,28+/m0/s1. The number of hydrogen-bond donors (Lipinski definition) is 3. The van der Waals surface area contributed by atoms with E-state index in [-0.39, 0.29) is 43.1 Å². The van der Waals surface area contributed by atoms with Crippen molar-refractivity contribution in [2.75, 3.05) is 13.7 Å². The molecule has 4 atom stereocenters. The van der Waals surface area contributed by atoms with Crippen molar-refractivity contribution in [2.45, 2.75) is 97.1 Å². The van der Waals surface area contributed by atoms with Crippen LogP contribution >= 0.6 is 11.3 Å². The molecule has 3 heterocycles. The highest BCUT2D eigenvalue weighted by molar-refractivity contribution is 7.13. The zero-order valence-corrected chi connectivity index (χ0v) is 26.3. The Morgan fingerprint density at radius 2 is 1.93 bits per heavy atom. The van der Waals surface area contributed by atoms with Gasteiger partial charge in [-0.1, -0.05) is 33.3 Å². The largest absolute Gasteiger partial charge is 0.487 e. The number of β-amino-alcohol motifs (C(OH)–C–C–N with tert-alkyl or cyclic N) is 1. The van der Waals surface area contributed by atoms with Gasteiger partial charge in [-0.25, -0.2) is 4.98 Å². The van der Waals surface area contributed by atoms with Crippen LogP contribution in [-0.2, 0) is 30.5 Å². The lowest BCUT2D eigenvalue weighted by Crippen LogP contribution is -2.58. The molecule has 3 amide bonds. The molecule has 234 valence electrons. The van der Waals surface area contributed by atoms with Crippen LogP contribution in [0.3, 0.4) is 0 Å². The van der Waals surface area contributed by atoms with Crippen LogP contribution < -0.4 is 15.4 Å². The fraction of sp³-hybridized carbons (Fsp3) is 0.581. The van der Waals surface area contributed by atoms with Crippen LogP contribution in [0.15, 0.2) is 23.7 Å². The second-order valence-electron chi connectivity index (χ2n) is 12.3. The summed E-state index contributed by atoms with van der Waals surface area (Å²) in [7, 11) is 1.35. The number of carbonyl (C=O) groups excluding carboxylic acids is 4. The van der Waals surface area contributed by atoms with E-state index >= 15 is 0 Å². The van der Waals surface area contributed by atoms with Crippen LogP contribution in [0.2, 0.25) is 0 Å². The molecule has 1 saturated heterocycles. The highest BCUT2D eigenvalue weighted by Crippen LogP contribution is 2.41. The van der Waals surface area contributed by atoms with Gasteiger partial charge in [0.15, 0.2) is 0 Å². The van der Waals surface area contributed by atoms with E-state index in [4.69, 9.17) is 4.74 Å². The van der Waals surface area contributed by atoms with Gasteiger partial charge in [0, 0.05) is 31.4 Å². The van der Waals surface area contributed by atoms with Gasteiger partial charge in [0.1, 0.15) is 24.6 Å². The molecule has 2 aliphatic rings. The highest BCUT2D eigenvalue weighted by Gasteiger charge is 2.42. The fourth-order valence-electron chi connectivity index (χ4n) is 5.37. The molecule has 1 fully saturated rings. The molecule has 0 aliphatic carbocycles. The first-order chi connectivity index (χ1) is 20.4. The van der Waals surface area contributed by atoms with Crippen LogP contribution in [0, 0.1) is 5.41 Å². The number of aliphatic hydroxyl groups is 1. The highest BCUT2D eigenvalue weighted by atomic mass is 32.1. The first kappa shape index (κ1) is 32.4. The van der Waals surface area contributed by atoms with Gasteiger partial charge in [0.2, 0.25) is 17.7 Å². The first-order valence-electron chi connectivity index (χ1n) is 14.7. The predicted octanol–water partition coefficient (Wildman–Crippen LogP) is 3.50. The van der Waals surface area contributed by atoms with E-state index in [0.717, 1.165) is 21.7 Å². The van der Waals surface area contributed by atoms with Crippen molar-refractivity contribution in [2.24, 2.45) is 5.41 Å². The van der Waals surface area contributed by atoms with Gasteiger partial charge in [-0.3, -0.25) is 19.2 Å². The average Bonchev–Trinajstić information content (AvgIpc) is 3.60. The smallest absolute Gasteiger partial charge is 0.305 e. The quantitative estimate of drug-likeness (QED) is 0.258. The van der Waals surface area contributed by atoms with Crippen LogP contribution in [0.1, 0.15) is 83.4 Å². The minimum atomic E-state index is -0.855. The van der Waals surface area contributed by atoms with Gasteiger partial charge in [-0.2, -0.15) is 0 Å². The van der Waals surface area contributed by atoms with E-state index in [0.29, 0.717) is 38.0 Å². The minimum Gasteiger partial charge on any atom is -0.487 e. The summed E-state index contributed by atoms with van der Waals surface area (Å²) in [5, 5.41) is 16.3. The lowest BCUT2D eigenvalue weighted by Gasteiger charge is -2.36. The van der Waals surface area contributed by atoms with E-state index in [1.807, 2.05) is 39.0 Å². The third kappa shape index (κ3) is 7.91. The Morgan fingerprint density at radius 3 is 2.65 bits per heavy atom. The van der Waals surface area contributed by atoms with Crippen LogP contribution in [0.4, 0.5) is 0 Å². The van der Waals surface area contributed by atoms with Gasteiger partial charge in [-0.05, 0) is 42.9 Å². The monoisotopic (exact) mass is 614 g/mol. The summed E-state index contributed by atoms with van der Waals surface area (Å²) >= 11 is 1.55. The molecule has 43 heavy (non-hydrogen) atoms. The molecular weight excluding hydrogens is 572 g/mol. The number of benzene rings is 1. The second-order valence-corrected chi connectivity index (χ2v) is 13.2. The number of esters is 1. The molecule has 0 radical (unpaired) electrons. The van der Waals surface area contributed by atoms with E-state index in [1.54, 1.807) is 23.8 Å². The summed E-state index contributed by atoms with van der Waals surface area (Å²) in [6, 6.07) is 4.85. The Kier molecular flexibility index (Phi) is 10.4. The molecule has 0 bridgehead atoms. The third-order valence-corrected chi connectivity index (χ3v) is 8.85. The van der Waals surface area contributed by atoms with Gasteiger partial charge in [0.05, 0.1) is 35.2 Å². The molecule has 0 spiro atoms. The summed E-state index contributed by atoms with van der Waals surface area (Å²) in [5.74, 6) is -1.02. The van der Waals surface area contributed by atoms with Gasteiger partial charge >= 0.3 is 5.97 Å². The van der Waals surface area contributed by atoms with Gasteiger partial charge < -0.3 is 30.1 Å². The normalized spacial score (nSPS) is 19.0. The number of methoxy groups -OCH3 is 1. The molecule has 2 aliphatic heterocycles. The summed E-state index contributed by atoms with van der Waals surface area (Å²) in [4.78, 5) is 58.1. The van der Waals surface area contributed by atoms with Crippen molar-refractivity contribution in [1.29, 1.82) is 0 Å². The van der Waals surface area contributed by atoms with Crippen LogP contribution in [0.5, 0.6) is 5.75 Å². The molecular formula is C31H42N4O7S. The molecule has 0 unspecified atom stereocenters. The zero-order chi connectivity index (χ0) is 31.3. The van der Waals surface area contributed by atoms with Crippen molar-refractivity contribution in [3.63, 3.8) is 0 Å². The zero-order valence-electron chi connectivity index (χ0n) is 25.5. The van der Waals surface area contributed by atoms with E-state index < -0.39 is 29.6 Å². The fourth-order valence-corrected chi connectivity index (χ4v) is 6.20. The molecule has 1 aromatic heterocycles. The number of likely N-dealkylation sites (tertiary alicyclic amines) is 1. The number of ether oxygens (including phenoxy) is 2. The van der Waals surface area contributed by atoms with Gasteiger partial charge in [0.25, 0.3) is 0 Å². The topological polar surface area (TPSA) is 147 Å². The van der Waals surface area contributed by atoms with Crippen molar-refractivity contribution in [3.05, 3.63) is 35.0 Å². The molecule has 12 heteroatoms. The number of nitrogens with one attached hydrogen (secondary N) is 2. The Bertz CT molecular complexity index is 1340. The number of hydrogen-bond acceptors (Lipinski definition) is 9. The predicted molar refractivity (Wildman–Crippen MR) is 161 cm³/mol. The summed E-state index contributed by atoms with van der Waals surface area (Å²) in [5.41, 5.74) is 3.80. The van der Waals surface area contributed by atoms with Gasteiger partial charge in [-0.15, -0.1) is 11.3 Å². The first-order valence-corrected chi connectivity index (χ1v) is 15.6. The number of carbonyl (C=O) groups is 4.